The summed E-state index contributed by atoms with van der Waals surface area (Å²) in [4.78, 5) is 23.6. The number of carbonyl (C=O) groups is 2. The van der Waals surface area contributed by atoms with Crippen LogP contribution in [0.2, 0.25) is 0 Å². The number of rotatable bonds is 5. The van der Waals surface area contributed by atoms with Gasteiger partial charge in [0.1, 0.15) is 6.54 Å². The molecule has 0 heterocycles. The highest BCUT2D eigenvalue weighted by Crippen LogP contribution is 2.20. The van der Waals surface area contributed by atoms with E-state index in [1.807, 2.05) is 0 Å². The topological polar surface area (TPSA) is 57.6 Å². The lowest BCUT2D eigenvalue weighted by Gasteiger charge is -2.23. The molecule has 0 aliphatic rings. The van der Waals surface area contributed by atoms with Crippen molar-refractivity contribution in [1.29, 1.82) is 0 Å². The van der Waals surface area contributed by atoms with E-state index in [2.05, 4.69) is 6.58 Å². The molecule has 0 aliphatic heterocycles. The Kier molecular flexibility index (Phi) is 5.12. The lowest BCUT2D eigenvalue weighted by Crippen LogP contribution is -2.39. The minimum Gasteiger partial charge on any atom is -0.478 e. The molecule has 114 valence electrons. The number of carbonyl (C=O) groups excluding carboxylic acids is 1. The van der Waals surface area contributed by atoms with Crippen molar-refractivity contribution >= 4 is 11.9 Å². The second kappa shape index (κ2) is 6.43. The standard InChI is InChI=1S/C14H14F3NO3/c1-3-6-18(8-14(15,16)17)12(19)11-5-4-10(13(20)21)7-9(11)2/h3-5,7H,1,6,8H2,2H3,(H,20,21). The van der Waals surface area contributed by atoms with Crippen LogP contribution in [0.15, 0.2) is 30.9 Å². The van der Waals surface area contributed by atoms with Gasteiger partial charge in [-0.3, -0.25) is 4.79 Å². The predicted octanol–water partition coefficient (Wildman–Crippen LogP) is 2.88. The third-order valence-electron chi connectivity index (χ3n) is 2.71. The van der Waals surface area contributed by atoms with E-state index in [-0.39, 0.29) is 17.7 Å². The van der Waals surface area contributed by atoms with E-state index in [0.717, 1.165) is 0 Å². The monoisotopic (exact) mass is 301 g/mol. The number of hydrogen-bond donors (Lipinski definition) is 1. The van der Waals surface area contributed by atoms with Gasteiger partial charge in [-0.2, -0.15) is 13.2 Å². The second-order valence-corrected chi connectivity index (χ2v) is 4.42. The van der Waals surface area contributed by atoms with Gasteiger partial charge in [-0.1, -0.05) is 6.08 Å². The van der Waals surface area contributed by atoms with E-state index in [9.17, 15) is 22.8 Å². The SMILES string of the molecule is C=CCN(CC(F)(F)F)C(=O)c1ccc(C(=O)O)cc1C. The Bertz CT molecular complexity index is 567. The normalized spacial score (nSPS) is 11.0. The van der Waals surface area contributed by atoms with Crippen LogP contribution in [0, 0.1) is 6.92 Å². The molecule has 0 saturated heterocycles. The molecule has 1 amide bonds. The molecule has 0 bridgehead atoms. The minimum absolute atomic E-state index is 0.0323. The lowest BCUT2D eigenvalue weighted by atomic mass is 10.0. The number of aromatic carboxylic acids is 1. The van der Waals surface area contributed by atoms with Gasteiger partial charge in [0.05, 0.1) is 5.56 Å². The number of halogens is 3. The summed E-state index contributed by atoms with van der Waals surface area (Å²) >= 11 is 0. The highest BCUT2D eigenvalue weighted by molar-refractivity contribution is 5.97. The zero-order chi connectivity index (χ0) is 16.2. The van der Waals surface area contributed by atoms with Crippen molar-refractivity contribution in [1.82, 2.24) is 4.90 Å². The van der Waals surface area contributed by atoms with Gasteiger partial charge >= 0.3 is 12.1 Å². The second-order valence-electron chi connectivity index (χ2n) is 4.42. The molecular weight excluding hydrogens is 287 g/mol. The first-order chi connectivity index (χ1) is 9.65. The molecule has 0 radical (unpaired) electrons. The van der Waals surface area contributed by atoms with Gasteiger partial charge < -0.3 is 10.0 Å². The van der Waals surface area contributed by atoms with Gasteiger partial charge in [-0.25, -0.2) is 4.79 Å². The Morgan fingerprint density at radius 2 is 2.00 bits per heavy atom. The van der Waals surface area contributed by atoms with Crippen LogP contribution in [0.5, 0.6) is 0 Å². The summed E-state index contributed by atoms with van der Waals surface area (Å²) in [7, 11) is 0. The number of carboxylic acids is 1. The summed E-state index contributed by atoms with van der Waals surface area (Å²) in [5, 5.41) is 8.83. The average molecular weight is 301 g/mol. The van der Waals surface area contributed by atoms with E-state index in [4.69, 9.17) is 5.11 Å². The number of alkyl halides is 3. The molecule has 0 spiro atoms. The zero-order valence-electron chi connectivity index (χ0n) is 11.3. The first-order valence-electron chi connectivity index (χ1n) is 5.96. The van der Waals surface area contributed by atoms with Crippen molar-refractivity contribution in [3.63, 3.8) is 0 Å². The van der Waals surface area contributed by atoms with E-state index < -0.39 is 24.6 Å². The molecular formula is C14H14F3NO3. The van der Waals surface area contributed by atoms with E-state index >= 15 is 0 Å². The van der Waals surface area contributed by atoms with Crippen LogP contribution in [0.4, 0.5) is 13.2 Å². The molecule has 1 aromatic rings. The van der Waals surface area contributed by atoms with Gasteiger partial charge in [0.15, 0.2) is 0 Å². The Hall–Kier alpha value is -2.31. The minimum atomic E-state index is -4.52. The van der Waals surface area contributed by atoms with Crippen molar-refractivity contribution in [3.05, 3.63) is 47.5 Å². The van der Waals surface area contributed by atoms with Gasteiger partial charge in [0.25, 0.3) is 5.91 Å². The third kappa shape index (κ3) is 4.62. The smallest absolute Gasteiger partial charge is 0.406 e. The van der Waals surface area contributed by atoms with Crippen LogP contribution in [0.1, 0.15) is 26.3 Å². The van der Waals surface area contributed by atoms with Crippen molar-refractivity contribution in [3.8, 4) is 0 Å². The molecule has 0 unspecified atom stereocenters. The molecule has 0 aromatic heterocycles. The molecule has 21 heavy (non-hydrogen) atoms. The van der Waals surface area contributed by atoms with Gasteiger partial charge in [0, 0.05) is 12.1 Å². The van der Waals surface area contributed by atoms with Gasteiger partial charge in [-0.15, -0.1) is 6.58 Å². The third-order valence-corrected chi connectivity index (χ3v) is 2.71. The fourth-order valence-corrected chi connectivity index (χ4v) is 1.80. The quantitative estimate of drug-likeness (QED) is 0.851. The van der Waals surface area contributed by atoms with Crippen molar-refractivity contribution < 1.29 is 27.9 Å². The van der Waals surface area contributed by atoms with E-state index in [1.54, 1.807) is 0 Å². The number of benzene rings is 1. The summed E-state index contributed by atoms with van der Waals surface area (Å²) in [6.07, 6.45) is -3.32. The maximum absolute atomic E-state index is 12.5. The largest absolute Gasteiger partial charge is 0.478 e. The predicted molar refractivity (Wildman–Crippen MR) is 70.3 cm³/mol. The van der Waals surface area contributed by atoms with Crippen LogP contribution in [-0.2, 0) is 0 Å². The van der Waals surface area contributed by atoms with Gasteiger partial charge in [-0.05, 0) is 30.7 Å². The van der Waals surface area contributed by atoms with Crippen LogP contribution in [-0.4, -0.2) is 41.1 Å². The van der Waals surface area contributed by atoms with Crippen LogP contribution in [0.3, 0.4) is 0 Å². The summed E-state index contributed by atoms with van der Waals surface area (Å²) < 4.78 is 37.4. The number of carboxylic acid groups (broad SMARTS) is 1. The number of aryl methyl sites for hydroxylation is 1. The maximum atomic E-state index is 12.5. The van der Waals surface area contributed by atoms with Crippen molar-refractivity contribution in [2.75, 3.05) is 13.1 Å². The average Bonchev–Trinajstić information content (AvgIpc) is 2.35. The zero-order valence-corrected chi connectivity index (χ0v) is 11.3. The molecule has 0 saturated carbocycles. The number of hydrogen-bond acceptors (Lipinski definition) is 2. The summed E-state index contributed by atoms with van der Waals surface area (Å²) in [6, 6.07) is 3.64. The number of amides is 1. The lowest BCUT2D eigenvalue weighted by molar-refractivity contribution is -0.139. The maximum Gasteiger partial charge on any atom is 0.406 e. The Morgan fingerprint density at radius 3 is 2.43 bits per heavy atom. The number of nitrogens with zero attached hydrogens (tertiary/aromatic N) is 1. The summed E-state index contributed by atoms with van der Waals surface area (Å²) in [5.41, 5.74) is 0.303. The van der Waals surface area contributed by atoms with Crippen molar-refractivity contribution in [2.45, 2.75) is 13.1 Å². The molecule has 1 rings (SSSR count). The molecule has 4 nitrogen and oxygen atoms in total. The highest BCUT2D eigenvalue weighted by Gasteiger charge is 2.33. The first-order valence-corrected chi connectivity index (χ1v) is 5.96. The Morgan fingerprint density at radius 1 is 1.38 bits per heavy atom. The fourth-order valence-electron chi connectivity index (χ4n) is 1.80. The fraction of sp³-hybridized carbons (Fsp3) is 0.286. The first kappa shape index (κ1) is 16.7. The van der Waals surface area contributed by atoms with Crippen LogP contribution >= 0.6 is 0 Å². The molecule has 0 atom stereocenters. The van der Waals surface area contributed by atoms with E-state index in [0.29, 0.717) is 10.5 Å². The highest BCUT2D eigenvalue weighted by atomic mass is 19.4. The van der Waals surface area contributed by atoms with Gasteiger partial charge in [0.2, 0.25) is 0 Å². The van der Waals surface area contributed by atoms with Crippen LogP contribution < -0.4 is 0 Å². The molecule has 1 N–H and O–H groups in total. The van der Waals surface area contributed by atoms with E-state index in [1.165, 1.54) is 31.2 Å². The molecule has 7 heteroatoms. The molecule has 0 aliphatic carbocycles. The Balaban J connectivity index is 3.09. The molecule has 1 aromatic carbocycles. The molecule has 0 fully saturated rings. The van der Waals surface area contributed by atoms with Crippen molar-refractivity contribution in [2.24, 2.45) is 0 Å². The Labute approximate surface area is 119 Å². The summed E-state index contributed by atoms with van der Waals surface area (Å²) in [6.45, 7) is 3.16. The van der Waals surface area contributed by atoms with Crippen LogP contribution in [0.25, 0.3) is 0 Å². The summed E-state index contributed by atoms with van der Waals surface area (Å²) in [5.74, 6) is -1.99.